The predicted molar refractivity (Wildman–Crippen MR) is 121 cm³/mol. The van der Waals surface area contributed by atoms with E-state index in [0.29, 0.717) is 49.4 Å². The average Bonchev–Trinajstić information content (AvgIpc) is 3.25. The van der Waals surface area contributed by atoms with Gasteiger partial charge in [-0.1, -0.05) is 24.3 Å². The number of hydrogen-bond donors (Lipinski definition) is 2. The third-order valence-corrected chi connectivity index (χ3v) is 7.38. The molecule has 33 heavy (non-hydrogen) atoms. The molecule has 174 valence electrons. The number of nitrogens with zero attached hydrogens (tertiary/aromatic N) is 1. The summed E-state index contributed by atoms with van der Waals surface area (Å²) in [5.74, 6) is -0.0261. The number of benzene rings is 2. The summed E-state index contributed by atoms with van der Waals surface area (Å²) < 4.78 is 46.8. The fourth-order valence-electron chi connectivity index (χ4n) is 4.02. The van der Waals surface area contributed by atoms with Crippen molar-refractivity contribution in [2.24, 2.45) is 5.92 Å². The summed E-state index contributed by atoms with van der Waals surface area (Å²) in [6.07, 6.45) is 3.85. The van der Waals surface area contributed by atoms with Crippen molar-refractivity contribution in [2.45, 2.75) is 50.1 Å². The molecule has 4 rings (SSSR count). The maximum absolute atomic E-state index is 13.0. The largest absolute Gasteiger partial charge is 0.449 e. The van der Waals surface area contributed by atoms with Crippen LogP contribution in [-0.2, 0) is 21.4 Å². The third-order valence-electron chi connectivity index (χ3n) is 5.86. The molecule has 2 aromatic carbocycles. The zero-order valence-electron chi connectivity index (χ0n) is 18.3. The number of sulfonamides is 1. The first kappa shape index (κ1) is 23.1. The highest BCUT2D eigenvalue weighted by atomic mass is 32.2. The molecule has 0 bridgehead atoms. The molecular weight excluding hydrogens is 445 g/mol. The van der Waals surface area contributed by atoms with Crippen LogP contribution in [0.5, 0.6) is 0 Å². The van der Waals surface area contributed by atoms with E-state index in [1.165, 1.54) is 18.4 Å². The van der Waals surface area contributed by atoms with E-state index in [9.17, 15) is 17.6 Å². The second kappa shape index (κ2) is 9.84. The smallest absolute Gasteiger partial charge is 0.240 e. The van der Waals surface area contributed by atoms with Crippen LogP contribution in [0.1, 0.15) is 37.1 Å². The van der Waals surface area contributed by atoms with Crippen LogP contribution in [0.25, 0.3) is 11.3 Å². The molecule has 1 fully saturated rings. The number of hydrogen-bond acceptors (Lipinski definition) is 5. The van der Waals surface area contributed by atoms with Crippen LogP contribution in [-0.4, -0.2) is 25.4 Å². The maximum atomic E-state index is 13.0. The Balaban J connectivity index is 1.31. The van der Waals surface area contributed by atoms with Gasteiger partial charge in [-0.25, -0.2) is 22.5 Å². The molecule has 1 aliphatic carbocycles. The molecule has 0 aliphatic heterocycles. The van der Waals surface area contributed by atoms with Gasteiger partial charge in [0.1, 0.15) is 17.8 Å². The normalized spacial score (nSPS) is 18.7. The summed E-state index contributed by atoms with van der Waals surface area (Å²) in [5.41, 5.74) is 2.07. The van der Waals surface area contributed by atoms with E-state index >= 15 is 0 Å². The molecule has 9 heteroatoms. The Hall–Kier alpha value is -3.04. The van der Waals surface area contributed by atoms with Crippen LogP contribution < -0.4 is 10.0 Å². The molecule has 1 heterocycles. The third kappa shape index (κ3) is 5.85. The van der Waals surface area contributed by atoms with Gasteiger partial charge in [-0.2, -0.15) is 0 Å². The lowest BCUT2D eigenvalue weighted by atomic mass is 9.86. The number of carbonyl (C=O) groups is 1. The quantitative estimate of drug-likeness (QED) is 0.544. The molecule has 0 spiro atoms. The Bertz CT molecular complexity index is 1220. The van der Waals surface area contributed by atoms with Crippen LogP contribution in [0.3, 0.4) is 0 Å². The lowest BCUT2D eigenvalue weighted by molar-refractivity contribution is -0.126. The molecule has 0 radical (unpaired) electrons. The van der Waals surface area contributed by atoms with Crippen molar-refractivity contribution in [3.63, 3.8) is 0 Å². The molecule has 3 aromatic rings. The minimum atomic E-state index is -3.71. The van der Waals surface area contributed by atoms with Gasteiger partial charge in [0.25, 0.3) is 0 Å². The van der Waals surface area contributed by atoms with E-state index < -0.39 is 10.0 Å². The van der Waals surface area contributed by atoms with Crippen molar-refractivity contribution in [1.29, 1.82) is 0 Å². The predicted octanol–water partition coefficient (Wildman–Crippen LogP) is 3.94. The standard InChI is InChI=1S/C24H26FN3O4S/c1-16-27-23(15-32-16)19-3-2-4-22(13-19)33(30,31)28-21-11-7-18(8-12-21)24(29)26-14-17-5-9-20(25)10-6-17/h2-6,9-10,13,15,18,21,28H,7-8,11-12,14H2,1H3,(H,26,29). The van der Waals surface area contributed by atoms with E-state index in [2.05, 4.69) is 15.0 Å². The Morgan fingerprint density at radius 1 is 1.12 bits per heavy atom. The lowest BCUT2D eigenvalue weighted by Gasteiger charge is -2.28. The summed E-state index contributed by atoms with van der Waals surface area (Å²) in [6, 6.07) is 12.4. The van der Waals surface area contributed by atoms with Crippen molar-refractivity contribution >= 4 is 15.9 Å². The molecule has 1 saturated carbocycles. The van der Waals surface area contributed by atoms with Crippen LogP contribution in [0, 0.1) is 18.7 Å². The van der Waals surface area contributed by atoms with Crippen LogP contribution in [0.4, 0.5) is 4.39 Å². The summed E-state index contributed by atoms with van der Waals surface area (Å²) in [6.45, 7) is 2.07. The van der Waals surface area contributed by atoms with Gasteiger partial charge >= 0.3 is 0 Å². The molecule has 2 N–H and O–H groups in total. The number of oxazole rings is 1. The minimum absolute atomic E-state index is 0.0590. The molecule has 1 aromatic heterocycles. The summed E-state index contributed by atoms with van der Waals surface area (Å²) >= 11 is 0. The molecule has 0 atom stereocenters. The van der Waals surface area contributed by atoms with Crippen molar-refractivity contribution in [3.05, 3.63) is 72.1 Å². The molecule has 1 aliphatic rings. The minimum Gasteiger partial charge on any atom is -0.449 e. The number of aromatic nitrogens is 1. The monoisotopic (exact) mass is 471 g/mol. The van der Waals surface area contributed by atoms with Crippen molar-refractivity contribution in [2.75, 3.05) is 0 Å². The van der Waals surface area contributed by atoms with Gasteiger partial charge in [0.05, 0.1) is 4.90 Å². The molecule has 7 nitrogen and oxygen atoms in total. The van der Waals surface area contributed by atoms with Crippen LogP contribution in [0.2, 0.25) is 0 Å². The first-order valence-electron chi connectivity index (χ1n) is 10.9. The summed E-state index contributed by atoms with van der Waals surface area (Å²) in [7, 11) is -3.71. The van der Waals surface area contributed by atoms with E-state index in [-0.39, 0.29) is 28.6 Å². The molecule has 0 saturated heterocycles. The average molecular weight is 472 g/mol. The molecule has 0 unspecified atom stereocenters. The number of carbonyl (C=O) groups excluding carboxylic acids is 1. The summed E-state index contributed by atoms with van der Waals surface area (Å²) in [5, 5.41) is 2.89. The van der Waals surface area contributed by atoms with E-state index in [4.69, 9.17) is 4.42 Å². The van der Waals surface area contributed by atoms with Crippen molar-refractivity contribution in [1.82, 2.24) is 15.0 Å². The number of halogens is 1. The highest BCUT2D eigenvalue weighted by Crippen LogP contribution is 2.27. The second-order valence-corrected chi connectivity index (χ2v) is 10.0. The topological polar surface area (TPSA) is 101 Å². The number of amides is 1. The zero-order chi connectivity index (χ0) is 23.4. The first-order chi connectivity index (χ1) is 15.8. The van der Waals surface area contributed by atoms with E-state index in [0.717, 1.165) is 5.56 Å². The number of rotatable bonds is 7. The van der Waals surface area contributed by atoms with Gasteiger partial charge in [-0.3, -0.25) is 4.79 Å². The van der Waals surface area contributed by atoms with Gasteiger partial charge in [0.15, 0.2) is 5.89 Å². The van der Waals surface area contributed by atoms with Gasteiger partial charge in [-0.15, -0.1) is 0 Å². The number of nitrogens with one attached hydrogen (secondary N) is 2. The van der Waals surface area contributed by atoms with E-state index in [1.54, 1.807) is 43.3 Å². The molecular formula is C24H26FN3O4S. The van der Waals surface area contributed by atoms with Gasteiger partial charge in [0.2, 0.25) is 15.9 Å². The van der Waals surface area contributed by atoms with Gasteiger partial charge in [-0.05, 0) is 55.5 Å². The highest BCUT2D eigenvalue weighted by molar-refractivity contribution is 7.89. The van der Waals surface area contributed by atoms with Gasteiger partial charge < -0.3 is 9.73 Å². The second-order valence-electron chi connectivity index (χ2n) is 8.29. The maximum Gasteiger partial charge on any atom is 0.240 e. The lowest BCUT2D eigenvalue weighted by Crippen LogP contribution is -2.40. The Kier molecular flexibility index (Phi) is 6.90. The Morgan fingerprint density at radius 2 is 1.85 bits per heavy atom. The fraction of sp³-hybridized carbons (Fsp3) is 0.333. The van der Waals surface area contributed by atoms with Crippen LogP contribution in [0.15, 0.2) is 64.1 Å². The highest BCUT2D eigenvalue weighted by Gasteiger charge is 2.29. The zero-order valence-corrected chi connectivity index (χ0v) is 19.1. The number of aryl methyl sites for hydroxylation is 1. The van der Waals surface area contributed by atoms with Crippen molar-refractivity contribution < 1.29 is 22.0 Å². The van der Waals surface area contributed by atoms with Crippen LogP contribution >= 0.6 is 0 Å². The van der Waals surface area contributed by atoms with E-state index in [1.807, 2.05) is 0 Å². The van der Waals surface area contributed by atoms with Crippen molar-refractivity contribution in [3.8, 4) is 11.3 Å². The SMILES string of the molecule is Cc1nc(-c2cccc(S(=O)(=O)NC3CCC(C(=O)NCc4ccc(F)cc4)CC3)c2)co1. The molecule has 1 amide bonds. The Labute approximate surface area is 192 Å². The van der Waals surface area contributed by atoms with Gasteiger partial charge in [0, 0.05) is 31.0 Å². The first-order valence-corrected chi connectivity index (χ1v) is 12.4. The fourth-order valence-corrected chi connectivity index (χ4v) is 5.37. The summed E-state index contributed by atoms with van der Waals surface area (Å²) in [4.78, 5) is 16.9. The Morgan fingerprint density at radius 3 is 2.52 bits per heavy atom.